The van der Waals surface area contributed by atoms with Crippen LogP contribution >= 0.6 is 11.6 Å². The predicted molar refractivity (Wildman–Crippen MR) is 93.1 cm³/mol. The van der Waals surface area contributed by atoms with Crippen LogP contribution in [0.5, 0.6) is 0 Å². The maximum Gasteiger partial charge on any atom is 0.411 e. The van der Waals surface area contributed by atoms with Crippen molar-refractivity contribution in [2.75, 3.05) is 0 Å². The van der Waals surface area contributed by atoms with Gasteiger partial charge in [-0.25, -0.2) is 9.18 Å². The first kappa shape index (κ1) is 18.2. The molecule has 1 aliphatic heterocycles. The van der Waals surface area contributed by atoms with Gasteiger partial charge in [0, 0.05) is 12.5 Å². The SMILES string of the molecule is CC(C)(C)OC(=O)N1[C@@H]2C[C@@H]2C[C@H]1C(=O)CCc1cccc(Cl)c1F. The molecule has 1 saturated carbocycles. The number of rotatable bonds is 4. The number of likely N-dealkylation sites (tertiary alicyclic amines) is 1. The van der Waals surface area contributed by atoms with Crippen molar-refractivity contribution in [3.8, 4) is 0 Å². The summed E-state index contributed by atoms with van der Waals surface area (Å²) >= 11 is 5.78. The van der Waals surface area contributed by atoms with Crippen LogP contribution in [0.1, 0.15) is 45.6 Å². The third-order valence-corrected chi connectivity index (χ3v) is 5.04. The van der Waals surface area contributed by atoms with Crippen LogP contribution in [0.3, 0.4) is 0 Å². The topological polar surface area (TPSA) is 46.6 Å². The summed E-state index contributed by atoms with van der Waals surface area (Å²) in [4.78, 5) is 26.7. The zero-order valence-corrected chi connectivity index (χ0v) is 15.5. The number of aryl methyl sites for hydroxylation is 1. The number of carbonyl (C=O) groups excluding carboxylic acids is 2. The number of halogens is 2. The second kappa shape index (κ2) is 6.60. The zero-order valence-electron chi connectivity index (χ0n) is 14.7. The Kier molecular flexibility index (Phi) is 4.80. The first-order valence-electron chi connectivity index (χ1n) is 8.64. The quantitative estimate of drug-likeness (QED) is 0.793. The number of ether oxygens (including phenoxy) is 1. The summed E-state index contributed by atoms with van der Waals surface area (Å²) < 4.78 is 19.4. The van der Waals surface area contributed by atoms with Crippen molar-refractivity contribution in [3.63, 3.8) is 0 Å². The van der Waals surface area contributed by atoms with Crippen LogP contribution in [0.25, 0.3) is 0 Å². The van der Waals surface area contributed by atoms with E-state index < -0.39 is 23.6 Å². The number of carbonyl (C=O) groups is 2. The summed E-state index contributed by atoms with van der Waals surface area (Å²) in [6, 6.07) is 4.44. The molecule has 1 amide bonds. The molecule has 0 spiro atoms. The molecule has 6 heteroatoms. The van der Waals surface area contributed by atoms with Gasteiger partial charge >= 0.3 is 6.09 Å². The highest BCUT2D eigenvalue weighted by Gasteiger charge is 2.56. The van der Waals surface area contributed by atoms with Crippen LogP contribution in [0.2, 0.25) is 5.02 Å². The maximum atomic E-state index is 14.0. The molecular formula is C19H23ClFNO3. The van der Waals surface area contributed by atoms with Crippen LogP contribution in [0.15, 0.2) is 18.2 Å². The minimum atomic E-state index is -0.596. The van der Waals surface area contributed by atoms with E-state index >= 15 is 0 Å². The standard InChI is InChI=1S/C19H23ClFNO3/c1-19(2,3)25-18(24)22-14-9-12(14)10-15(22)16(23)8-7-11-5-4-6-13(20)17(11)21/h4-6,12,14-15H,7-10H2,1-3H3/t12-,14-,15+/m1/s1. The molecule has 2 aliphatic rings. The number of nitrogens with zero attached hydrogens (tertiary/aromatic N) is 1. The molecular weight excluding hydrogens is 345 g/mol. The zero-order chi connectivity index (χ0) is 18.4. The average molecular weight is 368 g/mol. The monoisotopic (exact) mass is 367 g/mol. The van der Waals surface area contributed by atoms with Gasteiger partial charge in [0.05, 0.1) is 11.1 Å². The molecule has 1 aliphatic carbocycles. The molecule has 1 heterocycles. The summed E-state index contributed by atoms with van der Waals surface area (Å²) in [5.41, 5.74) is -0.172. The van der Waals surface area contributed by atoms with E-state index in [9.17, 15) is 14.0 Å². The summed E-state index contributed by atoms with van der Waals surface area (Å²) in [5, 5.41) is 0.0578. The van der Waals surface area contributed by atoms with Gasteiger partial charge < -0.3 is 4.74 Å². The van der Waals surface area contributed by atoms with E-state index in [2.05, 4.69) is 0 Å². The fourth-order valence-corrected chi connectivity index (χ4v) is 3.68. The number of piperidine rings is 1. The van der Waals surface area contributed by atoms with Gasteiger partial charge in [-0.1, -0.05) is 23.7 Å². The number of amides is 1. The maximum absolute atomic E-state index is 14.0. The Bertz CT molecular complexity index is 700. The molecule has 0 N–H and O–H groups in total. The lowest BCUT2D eigenvalue weighted by Gasteiger charge is -2.29. The molecule has 3 rings (SSSR count). The second-order valence-electron chi connectivity index (χ2n) is 7.88. The lowest BCUT2D eigenvalue weighted by Crippen LogP contribution is -2.45. The van der Waals surface area contributed by atoms with Gasteiger partial charge in [-0.2, -0.15) is 0 Å². The largest absolute Gasteiger partial charge is 0.444 e. The first-order chi connectivity index (χ1) is 11.7. The molecule has 0 unspecified atom stereocenters. The van der Waals surface area contributed by atoms with E-state index in [-0.39, 0.29) is 29.7 Å². The Hall–Kier alpha value is -1.62. The van der Waals surface area contributed by atoms with Gasteiger partial charge in [0.2, 0.25) is 0 Å². The molecule has 4 nitrogen and oxygen atoms in total. The van der Waals surface area contributed by atoms with E-state index in [4.69, 9.17) is 16.3 Å². The van der Waals surface area contributed by atoms with Gasteiger partial charge in [0.15, 0.2) is 5.78 Å². The van der Waals surface area contributed by atoms with E-state index in [1.807, 2.05) is 20.8 Å². The Labute approximate surface area is 152 Å². The number of benzene rings is 1. The highest BCUT2D eigenvalue weighted by atomic mass is 35.5. The minimum absolute atomic E-state index is 0.0440. The Balaban J connectivity index is 1.65. The number of Topliss-reactive ketones (excluding diaryl/α,β-unsaturated/α-hetero) is 1. The Morgan fingerprint density at radius 1 is 1.32 bits per heavy atom. The van der Waals surface area contributed by atoms with Crippen molar-refractivity contribution in [2.45, 2.75) is 64.1 Å². The van der Waals surface area contributed by atoms with Gasteiger partial charge in [0.1, 0.15) is 11.4 Å². The summed E-state index contributed by atoms with van der Waals surface area (Å²) in [6.45, 7) is 5.43. The van der Waals surface area contributed by atoms with Crippen molar-refractivity contribution in [2.24, 2.45) is 5.92 Å². The number of hydrogen-bond acceptors (Lipinski definition) is 3. The lowest BCUT2D eigenvalue weighted by molar-refractivity contribution is -0.123. The lowest BCUT2D eigenvalue weighted by atomic mass is 10.00. The van der Waals surface area contributed by atoms with Gasteiger partial charge in [-0.3, -0.25) is 9.69 Å². The van der Waals surface area contributed by atoms with E-state index in [0.717, 1.165) is 6.42 Å². The molecule has 2 fully saturated rings. The van der Waals surface area contributed by atoms with Crippen LogP contribution in [0.4, 0.5) is 9.18 Å². The molecule has 25 heavy (non-hydrogen) atoms. The molecule has 136 valence electrons. The highest BCUT2D eigenvalue weighted by molar-refractivity contribution is 6.30. The number of hydrogen-bond donors (Lipinski definition) is 0. The average Bonchev–Trinajstić information content (AvgIpc) is 3.16. The van der Waals surface area contributed by atoms with Crippen LogP contribution in [0, 0.1) is 11.7 Å². The fraction of sp³-hybridized carbons (Fsp3) is 0.579. The minimum Gasteiger partial charge on any atom is -0.444 e. The summed E-state index contributed by atoms with van der Waals surface area (Å²) in [6.07, 6.45) is 1.65. The van der Waals surface area contributed by atoms with Crippen molar-refractivity contribution >= 4 is 23.5 Å². The molecule has 0 aromatic heterocycles. The smallest absolute Gasteiger partial charge is 0.411 e. The number of fused-ring (bicyclic) bond motifs is 1. The highest BCUT2D eigenvalue weighted by Crippen LogP contribution is 2.48. The molecule has 0 bridgehead atoms. The second-order valence-corrected chi connectivity index (χ2v) is 8.29. The Morgan fingerprint density at radius 3 is 2.72 bits per heavy atom. The first-order valence-corrected chi connectivity index (χ1v) is 9.02. The molecule has 0 radical (unpaired) electrons. The molecule has 1 saturated heterocycles. The van der Waals surface area contributed by atoms with Crippen LogP contribution in [-0.2, 0) is 16.0 Å². The van der Waals surface area contributed by atoms with Gasteiger partial charge in [0.25, 0.3) is 0 Å². The summed E-state index contributed by atoms with van der Waals surface area (Å²) in [5.74, 6) is -0.128. The van der Waals surface area contributed by atoms with E-state index in [1.165, 1.54) is 6.07 Å². The Morgan fingerprint density at radius 2 is 2.04 bits per heavy atom. The third-order valence-electron chi connectivity index (χ3n) is 4.75. The third kappa shape index (κ3) is 3.97. The van der Waals surface area contributed by atoms with Gasteiger partial charge in [-0.05, 0) is 57.6 Å². The predicted octanol–water partition coefficient (Wildman–Crippen LogP) is 4.38. The number of ketones is 1. The van der Waals surface area contributed by atoms with Crippen LogP contribution < -0.4 is 0 Å². The van der Waals surface area contributed by atoms with Crippen LogP contribution in [-0.4, -0.2) is 34.5 Å². The molecule has 1 aromatic rings. The van der Waals surface area contributed by atoms with Crippen molar-refractivity contribution in [3.05, 3.63) is 34.6 Å². The van der Waals surface area contributed by atoms with E-state index in [1.54, 1.807) is 17.0 Å². The fourth-order valence-electron chi connectivity index (χ4n) is 3.49. The van der Waals surface area contributed by atoms with E-state index in [0.29, 0.717) is 17.9 Å². The van der Waals surface area contributed by atoms with Gasteiger partial charge in [-0.15, -0.1) is 0 Å². The molecule has 3 atom stereocenters. The normalized spacial score (nSPS) is 24.8. The van der Waals surface area contributed by atoms with Crippen molar-refractivity contribution in [1.82, 2.24) is 4.90 Å². The van der Waals surface area contributed by atoms with Crippen molar-refractivity contribution < 1.29 is 18.7 Å². The van der Waals surface area contributed by atoms with Crippen molar-refractivity contribution in [1.29, 1.82) is 0 Å². The summed E-state index contributed by atoms with van der Waals surface area (Å²) in [7, 11) is 0. The molecule has 1 aromatic carbocycles.